The van der Waals surface area contributed by atoms with Crippen LogP contribution in [0.5, 0.6) is 0 Å². The van der Waals surface area contributed by atoms with Crippen LogP contribution in [0.25, 0.3) is 0 Å². The number of aliphatic hydroxyl groups is 1. The number of aromatic nitrogens is 1. The highest BCUT2D eigenvalue weighted by Gasteiger charge is 2.47. The fraction of sp³-hybridized carbons (Fsp3) is 0.409. The third-order valence-corrected chi connectivity index (χ3v) is 6.07. The van der Waals surface area contributed by atoms with Gasteiger partial charge in [-0.25, -0.2) is 4.98 Å². The Morgan fingerprint density at radius 3 is 2.69 bits per heavy atom. The first-order chi connectivity index (χ1) is 13.9. The van der Waals surface area contributed by atoms with E-state index in [0.29, 0.717) is 22.9 Å². The van der Waals surface area contributed by atoms with Gasteiger partial charge in [0.25, 0.3) is 0 Å². The van der Waals surface area contributed by atoms with Crippen LogP contribution in [-0.4, -0.2) is 27.9 Å². The van der Waals surface area contributed by atoms with Gasteiger partial charge >= 0.3 is 0 Å². The van der Waals surface area contributed by atoms with Crippen molar-refractivity contribution in [3.05, 3.63) is 53.2 Å². The number of fused-ring (bicyclic) bond motifs is 1. The molecule has 1 aromatic carbocycles. The van der Waals surface area contributed by atoms with Gasteiger partial charge in [0, 0.05) is 41.9 Å². The van der Waals surface area contributed by atoms with Gasteiger partial charge < -0.3 is 21.1 Å². The van der Waals surface area contributed by atoms with E-state index in [1.807, 2.05) is 17.0 Å². The third kappa shape index (κ3) is 3.46. The zero-order chi connectivity index (χ0) is 20.7. The summed E-state index contributed by atoms with van der Waals surface area (Å²) in [5.41, 5.74) is 8.27. The summed E-state index contributed by atoms with van der Waals surface area (Å²) >= 11 is 0. The number of carbonyl (C=O) groups is 2. The van der Waals surface area contributed by atoms with E-state index in [4.69, 9.17) is 5.73 Å². The van der Waals surface area contributed by atoms with Crippen LogP contribution in [0, 0.1) is 11.8 Å². The van der Waals surface area contributed by atoms with Crippen molar-refractivity contribution in [1.29, 1.82) is 0 Å². The predicted octanol–water partition coefficient (Wildman–Crippen LogP) is 2.61. The van der Waals surface area contributed by atoms with Crippen molar-refractivity contribution in [2.45, 2.75) is 45.4 Å². The monoisotopic (exact) mass is 394 g/mol. The molecule has 1 aliphatic carbocycles. The van der Waals surface area contributed by atoms with E-state index in [-0.39, 0.29) is 30.5 Å². The van der Waals surface area contributed by atoms with Gasteiger partial charge in [0.05, 0.1) is 12.6 Å². The molecule has 29 heavy (non-hydrogen) atoms. The van der Waals surface area contributed by atoms with Crippen LogP contribution >= 0.6 is 0 Å². The van der Waals surface area contributed by atoms with E-state index in [9.17, 15) is 14.7 Å². The molecule has 1 saturated carbocycles. The van der Waals surface area contributed by atoms with E-state index in [1.165, 1.54) is 0 Å². The Hall–Kier alpha value is -2.93. The highest BCUT2D eigenvalue weighted by atomic mass is 16.3. The molecule has 0 radical (unpaired) electrons. The Bertz CT molecular complexity index is 957. The second-order valence-corrected chi connectivity index (χ2v) is 8.01. The molecule has 1 fully saturated rings. The quantitative estimate of drug-likeness (QED) is 0.722. The average molecular weight is 394 g/mol. The number of hydrogen-bond acceptors (Lipinski definition) is 5. The van der Waals surface area contributed by atoms with E-state index < -0.39 is 5.91 Å². The standard InChI is InChI=1S/C22H26N4O3/c1-12-19(25-22-16(11-27)4-3-9-24-22)17-10-15(21(23)29)7-8-18(17)26(13(2)28)20(12)14-5-6-14/h3-4,7-10,12,14,19-20,27H,5-6,11H2,1-2H3,(H2,23,29)(H,24,25). The number of pyridine rings is 1. The maximum Gasteiger partial charge on any atom is 0.248 e. The molecule has 7 nitrogen and oxygen atoms in total. The molecule has 152 valence electrons. The van der Waals surface area contributed by atoms with Crippen LogP contribution in [0.1, 0.15) is 54.2 Å². The molecule has 0 bridgehead atoms. The average Bonchev–Trinajstić information content (AvgIpc) is 3.54. The Balaban J connectivity index is 1.84. The summed E-state index contributed by atoms with van der Waals surface area (Å²) in [4.78, 5) is 30.7. The van der Waals surface area contributed by atoms with Crippen LogP contribution in [0.2, 0.25) is 0 Å². The van der Waals surface area contributed by atoms with Crippen molar-refractivity contribution < 1.29 is 14.7 Å². The van der Waals surface area contributed by atoms with Gasteiger partial charge in [0.2, 0.25) is 11.8 Å². The number of nitrogens with zero attached hydrogens (tertiary/aromatic N) is 2. The molecule has 2 aromatic rings. The summed E-state index contributed by atoms with van der Waals surface area (Å²) in [6.07, 6.45) is 3.88. The second kappa shape index (κ2) is 7.48. The minimum Gasteiger partial charge on any atom is -0.392 e. The number of aliphatic hydroxyl groups excluding tert-OH is 1. The molecule has 7 heteroatoms. The maximum absolute atomic E-state index is 12.6. The third-order valence-electron chi connectivity index (χ3n) is 6.07. The molecule has 0 spiro atoms. The van der Waals surface area contributed by atoms with Crippen LogP contribution in [-0.2, 0) is 11.4 Å². The zero-order valence-electron chi connectivity index (χ0n) is 16.6. The molecule has 1 aliphatic heterocycles. The molecule has 2 amide bonds. The van der Waals surface area contributed by atoms with Crippen LogP contribution < -0.4 is 16.0 Å². The summed E-state index contributed by atoms with van der Waals surface area (Å²) < 4.78 is 0. The van der Waals surface area contributed by atoms with Crippen molar-refractivity contribution in [3.8, 4) is 0 Å². The lowest BCUT2D eigenvalue weighted by Gasteiger charge is -2.46. The van der Waals surface area contributed by atoms with Gasteiger partial charge in [0.15, 0.2) is 0 Å². The number of hydrogen-bond donors (Lipinski definition) is 3. The van der Waals surface area contributed by atoms with Crippen molar-refractivity contribution in [3.63, 3.8) is 0 Å². The molecule has 4 N–H and O–H groups in total. The Morgan fingerprint density at radius 2 is 2.07 bits per heavy atom. The van der Waals surface area contributed by atoms with E-state index in [1.54, 1.807) is 31.3 Å². The fourth-order valence-corrected chi connectivity index (χ4v) is 4.56. The van der Waals surface area contributed by atoms with Crippen LogP contribution in [0.3, 0.4) is 0 Å². The number of nitrogens with one attached hydrogen (secondary N) is 1. The summed E-state index contributed by atoms with van der Waals surface area (Å²) in [6, 6.07) is 8.76. The molecule has 4 rings (SSSR count). The number of nitrogens with two attached hydrogens (primary N) is 1. The number of primary amides is 1. The first-order valence-electron chi connectivity index (χ1n) is 9.97. The topological polar surface area (TPSA) is 109 Å². The lowest BCUT2D eigenvalue weighted by atomic mass is 9.79. The number of anilines is 2. The highest BCUT2D eigenvalue weighted by Crippen LogP contribution is 2.50. The second-order valence-electron chi connectivity index (χ2n) is 8.01. The van der Waals surface area contributed by atoms with Crippen molar-refractivity contribution in [2.24, 2.45) is 17.6 Å². The fourth-order valence-electron chi connectivity index (χ4n) is 4.56. The molecule has 1 aromatic heterocycles. The first kappa shape index (κ1) is 19.4. The summed E-state index contributed by atoms with van der Waals surface area (Å²) in [5.74, 6) is 0.632. The van der Waals surface area contributed by atoms with Gasteiger partial charge in [-0.3, -0.25) is 9.59 Å². The first-order valence-corrected chi connectivity index (χ1v) is 9.97. The van der Waals surface area contributed by atoms with Crippen LogP contribution in [0.4, 0.5) is 11.5 Å². The molecular weight excluding hydrogens is 368 g/mol. The van der Waals surface area contributed by atoms with Crippen molar-refractivity contribution in [2.75, 3.05) is 10.2 Å². The van der Waals surface area contributed by atoms with Gasteiger partial charge in [0.1, 0.15) is 5.82 Å². The maximum atomic E-state index is 12.6. The molecule has 2 aliphatic rings. The number of rotatable bonds is 5. The Labute approximate surface area is 169 Å². The number of amides is 2. The Morgan fingerprint density at radius 1 is 1.31 bits per heavy atom. The largest absolute Gasteiger partial charge is 0.392 e. The molecule has 3 unspecified atom stereocenters. The van der Waals surface area contributed by atoms with Gasteiger partial charge in [-0.05, 0) is 48.6 Å². The highest BCUT2D eigenvalue weighted by molar-refractivity contribution is 5.97. The SMILES string of the molecule is CC(=O)N1c2ccc(C(N)=O)cc2C(Nc2ncccc2CO)C(C)C1C1CC1. The van der Waals surface area contributed by atoms with E-state index in [0.717, 1.165) is 24.1 Å². The van der Waals surface area contributed by atoms with Crippen molar-refractivity contribution >= 4 is 23.3 Å². The van der Waals surface area contributed by atoms with E-state index in [2.05, 4.69) is 17.2 Å². The van der Waals surface area contributed by atoms with Crippen molar-refractivity contribution in [1.82, 2.24) is 4.98 Å². The Kier molecular flexibility index (Phi) is 5.00. The van der Waals surface area contributed by atoms with Gasteiger partial charge in [-0.15, -0.1) is 0 Å². The molecule has 3 atom stereocenters. The van der Waals surface area contributed by atoms with Gasteiger partial charge in [-0.2, -0.15) is 0 Å². The lowest BCUT2D eigenvalue weighted by Crippen LogP contribution is -2.51. The lowest BCUT2D eigenvalue weighted by molar-refractivity contribution is -0.117. The summed E-state index contributed by atoms with van der Waals surface area (Å²) in [5, 5.41) is 13.2. The molecule has 0 saturated heterocycles. The molecular formula is C22H26N4O3. The van der Waals surface area contributed by atoms with Crippen LogP contribution in [0.15, 0.2) is 36.5 Å². The molecule has 2 heterocycles. The zero-order valence-corrected chi connectivity index (χ0v) is 16.6. The number of benzene rings is 1. The van der Waals surface area contributed by atoms with Gasteiger partial charge in [-0.1, -0.05) is 13.0 Å². The summed E-state index contributed by atoms with van der Waals surface area (Å²) in [6.45, 7) is 3.58. The minimum atomic E-state index is -0.508. The smallest absolute Gasteiger partial charge is 0.248 e. The van der Waals surface area contributed by atoms with E-state index >= 15 is 0 Å². The minimum absolute atomic E-state index is 0.00541. The summed E-state index contributed by atoms with van der Waals surface area (Å²) in [7, 11) is 0. The normalized spacial score (nSPS) is 23.4. The number of carbonyl (C=O) groups excluding carboxylic acids is 2. The predicted molar refractivity (Wildman–Crippen MR) is 110 cm³/mol.